The van der Waals surface area contributed by atoms with Crippen molar-refractivity contribution in [2.75, 3.05) is 6.54 Å². The number of benzene rings is 1. The summed E-state index contributed by atoms with van der Waals surface area (Å²) in [4.78, 5) is 13.5. The van der Waals surface area contributed by atoms with Crippen LogP contribution >= 0.6 is 0 Å². The molecule has 1 amide bonds. The average molecular weight is 497 g/mol. The van der Waals surface area contributed by atoms with E-state index in [0.29, 0.717) is 6.42 Å². The van der Waals surface area contributed by atoms with E-state index in [1.54, 1.807) is 13.0 Å². The van der Waals surface area contributed by atoms with Crippen molar-refractivity contribution in [1.82, 2.24) is 4.90 Å². The average Bonchev–Trinajstić information content (AvgIpc) is 2.79. The number of carbonyl (C=O) groups excluding carboxylic acids is 1. The molecule has 1 fully saturated rings. The van der Waals surface area contributed by atoms with Gasteiger partial charge in [-0.3, -0.25) is 10.9 Å². The van der Waals surface area contributed by atoms with Gasteiger partial charge in [0.25, 0.3) is 0 Å². The number of hydrogen-bond donors (Lipinski definition) is 1. The van der Waals surface area contributed by atoms with Crippen molar-refractivity contribution in [1.29, 1.82) is 0 Å². The Balaban J connectivity index is 0.000000830. The fraction of sp³-hybridized carbons (Fsp3) is 0.375. The number of aliphatic hydroxyl groups excluding tert-OH is 1. The second-order valence-corrected chi connectivity index (χ2v) is 4.38. The maximum Gasteiger partial charge on any atom is 2.00 e. The van der Waals surface area contributed by atoms with E-state index in [1.807, 2.05) is 23.1 Å². The zero-order valence-electron chi connectivity index (χ0n) is 11.8. The smallest absolute Gasteiger partial charge is 0.566 e. The molecule has 20 heavy (non-hydrogen) atoms. The van der Waals surface area contributed by atoms with E-state index in [4.69, 9.17) is 11.7 Å². The van der Waals surface area contributed by atoms with E-state index in [-0.39, 0.29) is 43.1 Å². The van der Waals surface area contributed by atoms with Crippen molar-refractivity contribution in [3.05, 3.63) is 55.2 Å². The van der Waals surface area contributed by atoms with Crippen molar-refractivity contribution in [2.24, 2.45) is 0 Å². The number of rotatable bonds is 4. The minimum absolute atomic E-state index is 0. The Morgan fingerprint density at radius 2 is 2.05 bits per heavy atom. The first-order valence-corrected chi connectivity index (χ1v) is 6.53. The molecule has 1 saturated heterocycles. The summed E-state index contributed by atoms with van der Waals surface area (Å²) in [5.41, 5.74) is 1.26. The Labute approximate surface area is 145 Å². The molecule has 4 heteroatoms. The van der Waals surface area contributed by atoms with Gasteiger partial charge >= 0.3 is 31.1 Å². The van der Waals surface area contributed by atoms with Gasteiger partial charge in [-0.2, -0.15) is 6.92 Å². The molecule has 0 aliphatic carbocycles. The van der Waals surface area contributed by atoms with Crippen molar-refractivity contribution in [2.45, 2.75) is 32.2 Å². The molecule has 106 valence electrons. The Morgan fingerprint density at radius 3 is 2.60 bits per heavy atom. The molecule has 1 heterocycles. The maximum atomic E-state index is 11.6. The van der Waals surface area contributed by atoms with Crippen LogP contribution in [-0.2, 0) is 11.2 Å². The molecule has 0 saturated carbocycles. The third kappa shape index (κ3) is 6.26. The molecule has 0 aromatic heterocycles. The normalized spacial score (nSPS) is 17.0. The van der Waals surface area contributed by atoms with Crippen LogP contribution in [0.2, 0.25) is 0 Å². The maximum absolute atomic E-state index is 11.6. The number of carbonyl (C=O) groups is 1. The van der Waals surface area contributed by atoms with Crippen LogP contribution in [0.25, 0.3) is 0 Å². The number of amides is 1. The minimum Gasteiger partial charge on any atom is -0.566 e. The van der Waals surface area contributed by atoms with Crippen LogP contribution in [0, 0.1) is 44.3 Å². The molecule has 1 aromatic carbocycles. The van der Waals surface area contributed by atoms with Gasteiger partial charge in [-0.15, -0.1) is 0 Å². The van der Waals surface area contributed by atoms with Crippen LogP contribution in [0.3, 0.4) is 0 Å². The Bertz CT molecular complexity index is 395. The van der Waals surface area contributed by atoms with Gasteiger partial charge in [0.1, 0.15) is 0 Å². The van der Waals surface area contributed by atoms with Gasteiger partial charge < -0.3 is 16.6 Å². The summed E-state index contributed by atoms with van der Waals surface area (Å²) in [7, 11) is 0. The van der Waals surface area contributed by atoms with E-state index >= 15 is 0 Å². The van der Waals surface area contributed by atoms with Gasteiger partial charge in [-0.25, -0.2) is 6.61 Å². The van der Waals surface area contributed by atoms with Gasteiger partial charge in [0.05, 0.1) is 0 Å². The minimum atomic E-state index is 0. The predicted octanol–water partition coefficient (Wildman–Crippen LogP) is 2.75. The Morgan fingerprint density at radius 1 is 1.45 bits per heavy atom. The van der Waals surface area contributed by atoms with Crippen LogP contribution in [0.15, 0.2) is 36.4 Å². The SMILES string of the molecule is C[CH-]O.[CH-]=CC1CCC(=O)N1CCc1ccccc1.[U+2]. The molecule has 2 rings (SSSR count). The molecule has 1 aliphatic rings. The molecule has 1 unspecified atom stereocenters. The summed E-state index contributed by atoms with van der Waals surface area (Å²) in [6.45, 7) is 8.86. The third-order valence-corrected chi connectivity index (χ3v) is 3.08. The largest absolute Gasteiger partial charge is 2.00 e. The summed E-state index contributed by atoms with van der Waals surface area (Å²) >= 11 is 0. The summed E-state index contributed by atoms with van der Waals surface area (Å²) in [6, 6.07) is 10.3. The summed E-state index contributed by atoms with van der Waals surface area (Å²) < 4.78 is 0. The van der Waals surface area contributed by atoms with Crippen molar-refractivity contribution in [3.63, 3.8) is 0 Å². The first-order chi connectivity index (χ1) is 9.22. The molecule has 1 aliphatic heterocycles. The Hall–Kier alpha value is -0.558. The fourth-order valence-corrected chi connectivity index (χ4v) is 2.14. The topological polar surface area (TPSA) is 40.5 Å². The zero-order chi connectivity index (χ0) is 14.1. The Kier molecular flexibility index (Phi) is 10.8. The van der Waals surface area contributed by atoms with E-state index in [2.05, 4.69) is 12.1 Å². The first kappa shape index (κ1) is 19.4. The van der Waals surface area contributed by atoms with Crippen molar-refractivity contribution >= 4 is 5.91 Å². The molecule has 0 spiro atoms. The molecule has 1 N–H and O–H groups in total. The molecule has 0 radical (unpaired) electrons. The molecule has 3 nitrogen and oxygen atoms in total. The number of nitrogens with zero attached hydrogens (tertiary/aromatic N) is 1. The molecular weight excluding hydrogens is 476 g/mol. The third-order valence-electron chi connectivity index (χ3n) is 3.08. The predicted molar refractivity (Wildman–Crippen MR) is 75.7 cm³/mol. The summed E-state index contributed by atoms with van der Waals surface area (Å²) in [6.07, 6.45) is 4.03. The van der Waals surface area contributed by atoms with Crippen molar-refractivity contribution in [3.8, 4) is 0 Å². The molecule has 1 atom stereocenters. The van der Waals surface area contributed by atoms with Gasteiger partial charge in [0.15, 0.2) is 0 Å². The van der Waals surface area contributed by atoms with Gasteiger partial charge in [-0.1, -0.05) is 30.3 Å². The van der Waals surface area contributed by atoms with E-state index < -0.39 is 0 Å². The van der Waals surface area contributed by atoms with Crippen LogP contribution in [-0.4, -0.2) is 28.5 Å². The monoisotopic (exact) mass is 497 g/mol. The van der Waals surface area contributed by atoms with Gasteiger partial charge in [-0.05, 0) is 18.4 Å². The van der Waals surface area contributed by atoms with E-state index in [0.717, 1.165) is 26.0 Å². The molecule has 0 bridgehead atoms. The fourth-order valence-electron chi connectivity index (χ4n) is 2.14. The first-order valence-electron chi connectivity index (χ1n) is 6.53. The van der Waals surface area contributed by atoms with Gasteiger partial charge in [0.2, 0.25) is 5.91 Å². The van der Waals surface area contributed by atoms with E-state index in [1.165, 1.54) is 5.56 Å². The van der Waals surface area contributed by atoms with Crippen molar-refractivity contribution < 1.29 is 41.0 Å². The van der Waals surface area contributed by atoms with E-state index in [9.17, 15) is 4.79 Å². The molecule has 1 aromatic rings. The number of aliphatic hydroxyl groups is 1. The van der Waals surface area contributed by atoms with Crippen LogP contribution in [0.4, 0.5) is 0 Å². The molecular formula is C16H21NO2U. The second kappa shape index (κ2) is 11.1. The number of likely N-dealkylation sites (tertiary alicyclic amines) is 1. The second-order valence-electron chi connectivity index (χ2n) is 4.38. The van der Waals surface area contributed by atoms with Gasteiger partial charge in [0, 0.05) is 19.0 Å². The van der Waals surface area contributed by atoms with Crippen LogP contribution < -0.4 is 0 Å². The quantitative estimate of drug-likeness (QED) is 0.651. The zero-order valence-corrected chi connectivity index (χ0v) is 16.0. The van der Waals surface area contributed by atoms with Crippen LogP contribution in [0.5, 0.6) is 0 Å². The van der Waals surface area contributed by atoms with Crippen LogP contribution in [0.1, 0.15) is 25.3 Å². The summed E-state index contributed by atoms with van der Waals surface area (Å²) in [5.74, 6) is 0.225. The number of hydrogen-bond acceptors (Lipinski definition) is 2. The summed E-state index contributed by atoms with van der Waals surface area (Å²) in [5, 5.41) is 7.44. The standard InChI is InChI=1S/C14H16NO.C2H5O.U/c1-2-13-8-9-14(16)15(13)11-10-12-6-4-3-5-7-12;1-2-3;/h1-7,13H,8-11H2;2-3H,1H3;/q2*-1;+2.